The lowest BCUT2D eigenvalue weighted by Crippen LogP contribution is -2.21. The SMILES string of the molecule is Cc1c(SSc2c(C)n(C)n(-c3cccc(Cl)n3)c2=O)c(=O)n(-c2cccc(Cl)n2)n1C. The molecule has 0 saturated heterocycles. The highest BCUT2D eigenvalue weighted by Gasteiger charge is 2.22. The Bertz CT molecular complexity index is 1340. The fourth-order valence-corrected chi connectivity index (χ4v) is 6.15. The smallest absolute Gasteiger partial charge is 0.283 e. The van der Waals surface area contributed by atoms with Crippen LogP contribution in [0.1, 0.15) is 11.4 Å². The molecule has 0 aliphatic rings. The molecule has 4 aromatic heterocycles. The van der Waals surface area contributed by atoms with E-state index in [1.807, 2.05) is 13.8 Å². The predicted molar refractivity (Wildman–Crippen MR) is 129 cm³/mol. The molecule has 8 nitrogen and oxygen atoms in total. The Morgan fingerprint density at radius 3 is 1.44 bits per heavy atom. The summed E-state index contributed by atoms with van der Waals surface area (Å²) in [6.45, 7) is 3.69. The molecule has 12 heteroatoms. The Balaban J connectivity index is 1.71. The number of hydrogen-bond donors (Lipinski definition) is 0. The van der Waals surface area contributed by atoms with Crippen molar-refractivity contribution in [2.75, 3.05) is 0 Å². The van der Waals surface area contributed by atoms with Gasteiger partial charge in [0.05, 0.1) is 11.4 Å². The molecule has 0 aliphatic heterocycles. The second kappa shape index (κ2) is 8.86. The highest BCUT2D eigenvalue weighted by atomic mass is 35.5. The first kappa shape index (κ1) is 22.8. The summed E-state index contributed by atoms with van der Waals surface area (Å²) in [5.74, 6) is 0.852. The number of hydrogen-bond acceptors (Lipinski definition) is 6. The molecule has 4 aromatic rings. The van der Waals surface area contributed by atoms with Gasteiger partial charge in [-0.1, -0.05) is 35.3 Å². The molecule has 0 N–H and O–H groups in total. The lowest BCUT2D eigenvalue weighted by molar-refractivity contribution is 0.618. The molecule has 0 saturated carbocycles. The summed E-state index contributed by atoms with van der Waals surface area (Å²) in [6, 6.07) is 10.2. The number of rotatable bonds is 5. The topological polar surface area (TPSA) is 79.6 Å². The van der Waals surface area contributed by atoms with Crippen molar-refractivity contribution in [2.24, 2.45) is 14.1 Å². The lowest BCUT2D eigenvalue weighted by Gasteiger charge is -2.07. The molecular formula is C20H18Cl2N6O2S2. The van der Waals surface area contributed by atoms with Crippen LogP contribution >= 0.6 is 44.8 Å². The van der Waals surface area contributed by atoms with Gasteiger partial charge in [-0.3, -0.25) is 19.0 Å². The van der Waals surface area contributed by atoms with Crippen LogP contribution in [0.15, 0.2) is 55.8 Å². The summed E-state index contributed by atoms with van der Waals surface area (Å²) in [4.78, 5) is 35.8. The monoisotopic (exact) mass is 508 g/mol. The van der Waals surface area contributed by atoms with Gasteiger partial charge >= 0.3 is 0 Å². The van der Waals surface area contributed by atoms with Crippen molar-refractivity contribution in [3.8, 4) is 11.6 Å². The van der Waals surface area contributed by atoms with Crippen molar-refractivity contribution < 1.29 is 0 Å². The zero-order valence-electron chi connectivity index (χ0n) is 17.5. The van der Waals surface area contributed by atoms with Crippen LogP contribution in [0.25, 0.3) is 11.6 Å². The maximum atomic E-state index is 13.2. The molecule has 0 unspecified atom stereocenters. The summed E-state index contributed by atoms with van der Waals surface area (Å²) >= 11 is 12.0. The van der Waals surface area contributed by atoms with Gasteiger partial charge in [0, 0.05) is 14.1 Å². The molecule has 0 radical (unpaired) electrons. The van der Waals surface area contributed by atoms with Crippen LogP contribution in [-0.4, -0.2) is 28.7 Å². The Morgan fingerprint density at radius 2 is 1.09 bits per heavy atom. The van der Waals surface area contributed by atoms with E-state index in [0.29, 0.717) is 31.7 Å². The third kappa shape index (κ3) is 3.92. The minimum Gasteiger partial charge on any atom is -0.283 e. The second-order valence-corrected chi connectivity index (χ2v) is 9.84. The summed E-state index contributed by atoms with van der Waals surface area (Å²) in [7, 11) is 6.03. The molecule has 0 amide bonds. The first-order valence-electron chi connectivity index (χ1n) is 9.38. The van der Waals surface area contributed by atoms with Crippen molar-refractivity contribution in [3.05, 3.63) is 78.8 Å². The number of pyridine rings is 2. The Labute approximate surface area is 201 Å². The fourth-order valence-electron chi connectivity index (χ4n) is 3.19. The molecule has 166 valence electrons. The van der Waals surface area contributed by atoms with E-state index in [0.717, 1.165) is 11.4 Å². The van der Waals surface area contributed by atoms with Crippen molar-refractivity contribution in [3.63, 3.8) is 0 Å². The Hall–Kier alpha value is -2.40. The van der Waals surface area contributed by atoms with Gasteiger partial charge < -0.3 is 0 Å². The maximum Gasteiger partial charge on any atom is 0.287 e. The minimum absolute atomic E-state index is 0.234. The third-order valence-corrected chi connectivity index (χ3v) is 8.07. The van der Waals surface area contributed by atoms with Crippen molar-refractivity contribution in [1.82, 2.24) is 28.7 Å². The van der Waals surface area contributed by atoms with Gasteiger partial charge in [-0.25, -0.2) is 9.97 Å². The van der Waals surface area contributed by atoms with Crippen LogP contribution in [0.4, 0.5) is 0 Å². The molecule has 4 rings (SSSR count). The zero-order valence-corrected chi connectivity index (χ0v) is 20.7. The van der Waals surface area contributed by atoms with E-state index in [1.165, 1.54) is 31.0 Å². The van der Waals surface area contributed by atoms with Crippen LogP contribution in [0.2, 0.25) is 10.3 Å². The van der Waals surface area contributed by atoms with Crippen LogP contribution in [0, 0.1) is 13.8 Å². The summed E-state index contributed by atoms with van der Waals surface area (Å²) in [6.07, 6.45) is 0. The molecule has 0 aliphatic carbocycles. The molecule has 0 atom stereocenters. The molecular weight excluding hydrogens is 491 g/mol. The quantitative estimate of drug-likeness (QED) is 0.297. The normalized spacial score (nSPS) is 11.3. The fraction of sp³-hybridized carbons (Fsp3) is 0.200. The lowest BCUT2D eigenvalue weighted by atomic mass is 10.4. The standard InChI is InChI=1S/C20H18Cl2N6O2S2/c1-11-17(19(29)27(25(11)3)15-9-5-7-13(21)23-15)31-32-18-12(2)26(4)28(20(18)30)16-10-6-8-14(22)24-16/h5-10H,1-4H3. The number of aromatic nitrogens is 6. The molecule has 0 fully saturated rings. The summed E-state index contributed by atoms with van der Waals surface area (Å²) in [5.41, 5.74) is 1.03. The van der Waals surface area contributed by atoms with Gasteiger partial charge in [-0.15, -0.1) is 0 Å². The van der Waals surface area contributed by atoms with Crippen molar-refractivity contribution in [2.45, 2.75) is 23.6 Å². The van der Waals surface area contributed by atoms with Gasteiger partial charge in [0.15, 0.2) is 11.6 Å². The van der Waals surface area contributed by atoms with E-state index in [4.69, 9.17) is 23.2 Å². The maximum absolute atomic E-state index is 13.2. The molecule has 0 aromatic carbocycles. The van der Waals surface area contributed by atoms with Gasteiger partial charge in [-0.2, -0.15) is 9.36 Å². The first-order valence-corrected chi connectivity index (χ1v) is 12.3. The molecule has 4 heterocycles. The highest BCUT2D eigenvalue weighted by molar-refractivity contribution is 8.76. The minimum atomic E-state index is -0.234. The van der Waals surface area contributed by atoms with Gasteiger partial charge in [0.1, 0.15) is 20.1 Å². The molecule has 32 heavy (non-hydrogen) atoms. The van der Waals surface area contributed by atoms with E-state index in [-0.39, 0.29) is 11.1 Å². The van der Waals surface area contributed by atoms with Gasteiger partial charge in [0.25, 0.3) is 11.1 Å². The zero-order chi connectivity index (χ0) is 23.2. The summed E-state index contributed by atoms with van der Waals surface area (Å²) < 4.78 is 6.35. The first-order chi connectivity index (χ1) is 15.2. The van der Waals surface area contributed by atoms with Crippen molar-refractivity contribution in [1.29, 1.82) is 0 Å². The Morgan fingerprint density at radius 1 is 0.719 bits per heavy atom. The largest absolute Gasteiger partial charge is 0.287 e. The van der Waals surface area contributed by atoms with Crippen molar-refractivity contribution >= 4 is 44.8 Å². The highest BCUT2D eigenvalue weighted by Crippen LogP contribution is 2.37. The Kier molecular flexibility index (Phi) is 6.30. The number of nitrogens with zero attached hydrogens (tertiary/aromatic N) is 6. The van der Waals surface area contributed by atoms with E-state index >= 15 is 0 Å². The van der Waals surface area contributed by atoms with Crippen LogP contribution in [0.5, 0.6) is 0 Å². The van der Waals surface area contributed by atoms with Gasteiger partial charge in [0.2, 0.25) is 0 Å². The van der Waals surface area contributed by atoms with E-state index in [1.54, 1.807) is 59.9 Å². The average molecular weight is 509 g/mol. The number of halogens is 2. The summed E-state index contributed by atoms with van der Waals surface area (Å²) in [5, 5.41) is 0.596. The molecule has 0 spiro atoms. The van der Waals surface area contributed by atoms with Crippen LogP contribution in [0.3, 0.4) is 0 Å². The van der Waals surface area contributed by atoms with Crippen LogP contribution < -0.4 is 11.1 Å². The van der Waals surface area contributed by atoms with E-state index < -0.39 is 0 Å². The van der Waals surface area contributed by atoms with Gasteiger partial charge in [-0.05, 0) is 59.7 Å². The predicted octanol–water partition coefficient (Wildman–Crippen LogP) is 4.18. The second-order valence-electron chi connectivity index (χ2n) is 6.91. The molecule has 0 bridgehead atoms. The third-order valence-electron chi connectivity index (χ3n) is 5.04. The van der Waals surface area contributed by atoms with E-state index in [2.05, 4.69) is 9.97 Å². The average Bonchev–Trinajstić information content (AvgIpc) is 3.09. The van der Waals surface area contributed by atoms with Crippen LogP contribution in [-0.2, 0) is 14.1 Å². The van der Waals surface area contributed by atoms with E-state index in [9.17, 15) is 9.59 Å².